The number of rotatable bonds is 3. The second-order valence-electron chi connectivity index (χ2n) is 3.77. The van der Waals surface area contributed by atoms with Crippen molar-refractivity contribution in [3.8, 4) is 11.9 Å². The second kappa shape index (κ2) is 5.47. The summed E-state index contributed by atoms with van der Waals surface area (Å²) >= 11 is 0. The molecule has 2 heterocycles. The van der Waals surface area contributed by atoms with Gasteiger partial charge in [0.1, 0.15) is 18.4 Å². The van der Waals surface area contributed by atoms with Gasteiger partial charge in [-0.05, 0) is 25.3 Å². The number of hydrogen-bond acceptors (Lipinski definition) is 4. The lowest BCUT2D eigenvalue weighted by molar-refractivity contribution is -0.0119. The van der Waals surface area contributed by atoms with Crippen molar-refractivity contribution in [2.24, 2.45) is 0 Å². The molecule has 1 aromatic rings. The first-order valence-corrected chi connectivity index (χ1v) is 5.50. The third-order valence-corrected chi connectivity index (χ3v) is 2.53. The molecule has 0 radical (unpaired) electrons. The zero-order valence-electron chi connectivity index (χ0n) is 9.06. The number of hydrogen-bond donors (Lipinski definition) is 0. The first kappa shape index (κ1) is 10.9. The highest BCUT2D eigenvalue weighted by molar-refractivity contribution is 5.24. The van der Waals surface area contributed by atoms with Gasteiger partial charge in [0.05, 0.1) is 6.10 Å². The number of aromatic nitrogens is 1. The normalized spacial score (nSPS) is 20.1. The Morgan fingerprint density at radius 2 is 2.44 bits per heavy atom. The molecule has 4 nitrogen and oxygen atoms in total. The average molecular weight is 218 g/mol. The summed E-state index contributed by atoms with van der Waals surface area (Å²) in [5.74, 6) is 0.494. The summed E-state index contributed by atoms with van der Waals surface area (Å²) in [6.45, 7) is 1.33. The molecule has 4 heteroatoms. The molecule has 1 aromatic heterocycles. The maximum atomic E-state index is 8.69. The standard InChI is InChI=1S/C12H14N2O2/c13-8-10-4-3-6-12(14-10)16-9-11-5-1-2-7-15-11/h3-4,6,11H,1-2,5,7,9H2/t11-/m0/s1. The van der Waals surface area contributed by atoms with E-state index in [-0.39, 0.29) is 6.10 Å². The number of ether oxygens (including phenoxy) is 2. The molecule has 0 N–H and O–H groups in total. The van der Waals surface area contributed by atoms with Gasteiger partial charge in [-0.3, -0.25) is 0 Å². The van der Waals surface area contributed by atoms with E-state index in [4.69, 9.17) is 14.7 Å². The van der Waals surface area contributed by atoms with Crippen LogP contribution in [0.1, 0.15) is 25.0 Å². The van der Waals surface area contributed by atoms with Crippen LogP contribution in [0.4, 0.5) is 0 Å². The van der Waals surface area contributed by atoms with E-state index in [9.17, 15) is 0 Å². The van der Waals surface area contributed by atoms with E-state index >= 15 is 0 Å². The number of nitriles is 1. The summed E-state index contributed by atoms with van der Waals surface area (Å²) in [5.41, 5.74) is 0.377. The molecule has 1 saturated heterocycles. The maximum Gasteiger partial charge on any atom is 0.214 e. The van der Waals surface area contributed by atoms with Gasteiger partial charge in [-0.25, -0.2) is 4.98 Å². The van der Waals surface area contributed by atoms with Crippen molar-refractivity contribution in [1.29, 1.82) is 5.26 Å². The van der Waals surface area contributed by atoms with Crippen LogP contribution in [0.3, 0.4) is 0 Å². The van der Waals surface area contributed by atoms with E-state index in [1.54, 1.807) is 18.2 Å². The predicted octanol–water partition coefficient (Wildman–Crippen LogP) is 1.90. The fraction of sp³-hybridized carbons (Fsp3) is 0.500. The summed E-state index contributed by atoms with van der Waals surface area (Å²) in [4.78, 5) is 4.04. The Hall–Kier alpha value is -1.60. The largest absolute Gasteiger partial charge is 0.475 e. The van der Waals surface area contributed by atoms with Crippen LogP contribution in [0.25, 0.3) is 0 Å². The molecular weight excluding hydrogens is 204 g/mol. The monoisotopic (exact) mass is 218 g/mol. The van der Waals surface area contributed by atoms with E-state index < -0.39 is 0 Å². The Morgan fingerprint density at radius 1 is 1.50 bits per heavy atom. The van der Waals surface area contributed by atoms with Crippen molar-refractivity contribution in [1.82, 2.24) is 4.98 Å². The van der Waals surface area contributed by atoms with E-state index in [0.717, 1.165) is 19.4 Å². The Balaban J connectivity index is 1.86. The van der Waals surface area contributed by atoms with Crippen LogP contribution in [0.15, 0.2) is 18.2 Å². The molecule has 0 saturated carbocycles. The molecule has 84 valence electrons. The number of nitrogens with zero attached hydrogens (tertiary/aromatic N) is 2. The summed E-state index contributed by atoms with van der Waals surface area (Å²) in [7, 11) is 0. The summed E-state index contributed by atoms with van der Waals surface area (Å²) in [6, 6.07) is 7.16. The summed E-state index contributed by atoms with van der Waals surface area (Å²) in [6.07, 6.45) is 3.54. The van der Waals surface area contributed by atoms with Crippen molar-refractivity contribution in [3.05, 3.63) is 23.9 Å². The lowest BCUT2D eigenvalue weighted by atomic mass is 10.1. The molecule has 1 aliphatic rings. The zero-order chi connectivity index (χ0) is 11.2. The first-order valence-electron chi connectivity index (χ1n) is 5.50. The zero-order valence-corrected chi connectivity index (χ0v) is 9.06. The Labute approximate surface area is 94.8 Å². The molecule has 0 aliphatic carbocycles. The molecule has 0 unspecified atom stereocenters. The van der Waals surface area contributed by atoms with Gasteiger partial charge in [0.2, 0.25) is 5.88 Å². The quantitative estimate of drug-likeness (QED) is 0.777. The molecule has 0 amide bonds. The van der Waals surface area contributed by atoms with Crippen LogP contribution in [0.5, 0.6) is 5.88 Å². The van der Waals surface area contributed by atoms with Crippen LogP contribution in [0, 0.1) is 11.3 Å². The fourth-order valence-electron chi connectivity index (χ4n) is 1.67. The van der Waals surface area contributed by atoms with Gasteiger partial charge in [0.15, 0.2) is 0 Å². The SMILES string of the molecule is N#Cc1cccc(OC[C@@H]2CCCCO2)n1. The van der Waals surface area contributed by atoms with E-state index in [1.807, 2.05) is 6.07 Å². The predicted molar refractivity (Wildman–Crippen MR) is 58.0 cm³/mol. The lowest BCUT2D eigenvalue weighted by Gasteiger charge is -2.22. The van der Waals surface area contributed by atoms with Crippen LogP contribution in [-0.4, -0.2) is 24.3 Å². The van der Waals surface area contributed by atoms with E-state index in [1.165, 1.54) is 6.42 Å². The van der Waals surface area contributed by atoms with Crippen molar-refractivity contribution in [2.45, 2.75) is 25.4 Å². The van der Waals surface area contributed by atoms with Gasteiger partial charge in [-0.2, -0.15) is 5.26 Å². The van der Waals surface area contributed by atoms with Gasteiger partial charge in [0, 0.05) is 12.7 Å². The third kappa shape index (κ3) is 2.94. The molecule has 16 heavy (non-hydrogen) atoms. The summed E-state index contributed by atoms with van der Waals surface area (Å²) < 4.78 is 11.0. The highest BCUT2D eigenvalue weighted by atomic mass is 16.5. The molecular formula is C12H14N2O2. The lowest BCUT2D eigenvalue weighted by Crippen LogP contribution is -2.26. The molecule has 0 bridgehead atoms. The Kier molecular flexibility index (Phi) is 3.73. The highest BCUT2D eigenvalue weighted by Crippen LogP contribution is 2.14. The average Bonchev–Trinajstić information content (AvgIpc) is 2.38. The molecule has 1 atom stereocenters. The minimum atomic E-state index is 0.168. The Bertz CT molecular complexity index is 381. The highest BCUT2D eigenvalue weighted by Gasteiger charge is 2.14. The molecule has 2 rings (SSSR count). The Morgan fingerprint density at radius 3 is 3.19 bits per heavy atom. The smallest absolute Gasteiger partial charge is 0.214 e. The van der Waals surface area contributed by atoms with Gasteiger partial charge in [-0.1, -0.05) is 6.07 Å². The van der Waals surface area contributed by atoms with E-state index in [0.29, 0.717) is 18.2 Å². The van der Waals surface area contributed by atoms with Crippen LogP contribution >= 0.6 is 0 Å². The molecule has 0 spiro atoms. The second-order valence-corrected chi connectivity index (χ2v) is 3.77. The maximum absolute atomic E-state index is 8.69. The van der Waals surface area contributed by atoms with Crippen LogP contribution < -0.4 is 4.74 Å². The van der Waals surface area contributed by atoms with Crippen molar-refractivity contribution in [3.63, 3.8) is 0 Å². The van der Waals surface area contributed by atoms with Gasteiger partial charge >= 0.3 is 0 Å². The minimum Gasteiger partial charge on any atom is -0.475 e. The first-order chi connectivity index (χ1) is 7.88. The van der Waals surface area contributed by atoms with E-state index in [2.05, 4.69) is 4.98 Å². The van der Waals surface area contributed by atoms with Gasteiger partial charge in [0.25, 0.3) is 0 Å². The fourth-order valence-corrected chi connectivity index (χ4v) is 1.67. The van der Waals surface area contributed by atoms with Crippen molar-refractivity contribution in [2.75, 3.05) is 13.2 Å². The van der Waals surface area contributed by atoms with Crippen LogP contribution in [-0.2, 0) is 4.74 Å². The van der Waals surface area contributed by atoms with Gasteiger partial charge in [-0.15, -0.1) is 0 Å². The topological polar surface area (TPSA) is 55.1 Å². The minimum absolute atomic E-state index is 0.168. The van der Waals surface area contributed by atoms with Crippen molar-refractivity contribution >= 4 is 0 Å². The molecule has 0 aromatic carbocycles. The molecule has 1 fully saturated rings. The van der Waals surface area contributed by atoms with Crippen molar-refractivity contribution < 1.29 is 9.47 Å². The van der Waals surface area contributed by atoms with Crippen LogP contribution in [0.2, 0.25) is 0 Å². The molecule has 1 aliphatic heterocycles. The third-order valence-electron chi connectivity index (χ3n) is 2.53. The number of pyridine rings is 1. The van der Waals surface area contributed by atoms with Gasteiger partial charge < -0.3 is 9.47 Å². The summed E-state index contributed by atoms with van der Waals surface area (Å²) in [5, 5.41) is 8.69.